The fraction of sp³-hybridized carbons (Fsp3) is 0.571. The molecule has 2 saturated carbocycles. The Bertz CT molecular complexity index is 1420. The third-order valence-corrected chi connectivity index (χ3v) is 9.06. The van der Waals surface area contributed by atoms with Crippen LogP contribution in [-0.2, 0) is 36.9 Å². The lowest BCUT2D eigenvalue weighted by Gasteiger charge is -2.52. The largest absolute Gasteiger partial charge is 0.505 e. The van der Waals surface area contributed by atoms with Gasteiger partial charge in [0.05, 0.1) is 29.3 Å². The van der Waals surface area contributed by atoms with Crippen LogP contribution >= 0.6 is 0 Å². The zero-order valence-corrected chi connectivity index (χ0v) is 23.1. The Kier molecular flexibility index (Phi) is 6.91. The molecular weight excluding hydrogens is 539 g/mol. The zero-order chi connectivity index (χ0) is 30.3. The average molecular weight is 573 g/mol. The van der Waals surface area contributed by atoms with Gasteiger partial charge in [0.1, 0.15) is 5.82 Å². The summed E-state index contributed by atoms with van der Waals surface area (Å²) in [5.41, 5.74) is 1.47. The number of rotatable bonds is 4. The lowest BCUT2D eigenvalue weighted by molar-refractivity contribution is -0.181. The highest BCUT2D eigenvalue weighted by molar-refractivity contribution is 6.32. The van der Waals surface area contributed by atoms with Crippen LogP contribution in [0.5, 0.6) is 5.75 Å². The van der Waals surface area contributed by atoms with E-state index < -0.39 is 93.4 Å². The molecule has 13 heteroatoms. The number of halogens is 1. The second kappa shape index (κ2) is 9.78. The molecule has 1 aliphatic heterocycles. The van der Waals surface area contributed by atoms with E-state index in [0.717, 1.165) is 0 Å². The Morgan fingerprint density at radius 3 is 2.39 bits per heavy atom. The van der Waals surface area contributed by atoms with Crippen molar-refractivity contribution in [3.8, 4) is 5.75 Å². The number of hydrogen-bond donors (Lipinski definition) is 5. The molecule has 1 aromatic rings. The number of hydrogen-bond acceptors (Lipinski definition) is 10. The van der Waals surface area contributed by atoms with Crippen LogP contribution in [0, 0.1) is 35.4 Å². The van der Waals surface area contributed by atoms with E-state index in [9.17, 15) is 39.0 Å². The van der Waals surface area contributed by atoms with E-state index in [-0.39, 0.29) is 42.1 Å². The quantitative estimate of drug-likeness (QED) is 0.231. The molecule has 2 amide bonds. The number of amides is 2. The molecule has 2 fully saturated rings. The first-order valence-corrected chi connectivity index (χ1v) is 13.6. The number of ketones is 4. The fourth-order valence-electron chi connectivity index (χ4n) is 7.24. The minimum atomic E-state index is -2.88. The van der Waals surface area contributed by atoms with Crippen LogP contribution in [0.2, 0.25) is 0 Å². The molecule has 0 saturated heterocycles. The Morgan fingerprint density at radius 1 is 1.15 bits per heavy atom. The fourth-order valence-corrected chi connectivity index (χ4v) is 7.24. The van der Waals surface area contributed by atoms with E-state index in [4.69, 9.17) is 5.73 Å². The summed E-state index contributed by atoms with van der Waals surface area (Å²) in [5, 5.41) is 28.3. The number of aliphatic hydroxyl groups is 1. The number of benzene rings is 1. The third kappa shape index (κ3) is 4.04. The van der Waals surface area contributed by atoms with Gasteiger partial charge in [-0.25, -0.2) is 4.39 Å². The van der Waals surface area contributed by atoms with Crippen LogP contribution in [0.3, 0.4) is 0 Å². The molecule has 1 aromatic carbocycles. The number of Topliss-reactive ketones (excluding diaryl/α,β-unsaturated/α-hetero) is 4. The van der Waals surface area contributed by atoms with Crippen LogP contribution < -0.4 is 16.4 Å². The van der Waals surface area contributed by atoms with Crippen molar-refractivity contribution in [3.63, 3.8) is 0 Å². The number of nitrogens with zero attached hydrogens (tertiary/aromatic N) is 1. The first-order chi connectivity index (χ1) is 19.1. The molecule has 12 nitrogen and oxygen atoms in total. The Labute approximate surface area is 234 Å². The van der Waals surface area contributed by atoms with Crippen molar-refractivity contribution in [2.75, 3.05) is 19.4 Å². The molecule has 7 atom stereocenters. The van der Waals surface area contributed by atoms with Crippen LogP contribution in [-0.4, -0.2) is 81.8 Å². The Balaban J connectivity index is 1.61. The molecule has 0 spiro atoms. The second-order valence-corrected chi connectivity index (χ2v) is 12.2. The van der Waals surface area contributed by atoms with E-state index in [1.54, 1.807) is 0 Å². The lowest BCUT2D eigenvalue weighted by Crippen LogP contribution is -2.74. The number of anilines is 1. The molecule has 4 aliphatic rings. The standard InChI is InChI=1S/C28H33FN4O8/c1-9(2)5-14-27(40)32-19-12(8-31-14)18(29)11-6-10-7-13-20(33(3)4)23(36)17(26(30)39)25(38)28(13,41)24(37)15(10)21(34)16(11)22(19)35/h9-10,13-15,17,20,31,35,41H,5-8H2,1-4H3,(H2,30,39)(H,32,40)/t10-,13-,14-,15?,17?,20-,28-/m0/s1. The predicted octanol–water partition coefficient (Wildman–Crippen LogP) is -0.537. The normalized spacial score (nSPS) is 33.1. The molecule has 1 heterocycles. The average Bonchev–Trinajstić information content (AvgIpc) is 3.03. The number of phenols is 1. The number of carbonyl (C=O) groups is 6. The van der Waals surface area contributed by atoms with Crippen molar-refractivity contribution < 1.29 is 43.4 Å². The van der Waals surface area contributed by atoms with Gasteiger partial charge in [-0.1, -0.05) is 13.8 Å². The SMILES string of the molecule is CC(C)C[C@@H]1NCc2c(F)c3c(c(O)c2NC1=O)C(=O)C1C(=O)[C@]2(O)C(=O)C(C(N)=O)C(=O)[C@@H](N(C)C)[C@@H]2C[C@@H]1C3. The Morgan fingerprint density at radius 2 is 1.80 bits per heavy atom. The van der Waals surface area contributed by atoms with Gasteiger partial charge in [-0.05, 0) is 45.2 Å². The molecule has 6 N–H and O–H groups in total. The van der Waals surface area contributed by atoms with Gasteiger partial charge < -0.3 is 26.6 Å². The minimum absolute atomic E-state index is 0.0377. The van der Waals surface area contributed by atoms with Crippen LogP contribution in [0.1, 0.15) is 48.2 Å². The molecule has 0 aromatic heterocycles. The predicted molar refractivity (Wildman–Crippen MR) is 140 cm³/mol. The van der Waals surface area contributed by atoms with E-state index in [0.29, 0.717) is 6.42 Å². The molecule has 5 rings (SSSR count). The molecule has 220 valence electrons. The molecular formula is C28H33FN4O8. The van der Waals surface area contributed by atoms with Crippen molar-refractivity contribution in [2.24, 2.45) is 35.3 Å². The smallest absolute Gasteiger partial charge is 0.241 e. The first kappa shape index (κ1) is 29.0. The Hall–Kier alpha value is -3.55. The summed E-state index contributed by atoms with van der Waals surface area (Å²) >= 11 is 0. The maximum absolute atomic E-state index is 16.1. The molecule has 0 radical (unpaired) electrons. The van der Waals surface area contributed by atoms with Gasteiger partial charge in [-0.2, -0.15) is 0 Å². The van der Waals surface area contributed by atoms with Crippen molar-refractivity contribution >= 4 is 40.6 Å². The van der Waals surface area contributed by atoms with Crippen LogP contribution in [0.15, 0.2) is 0 Å². The van der Waals surface area contributed by atoms with Gasteiger partial charge in [-0.3, -0.25) is 33.7 Å². The van der Waals surface area contributed by atoms with Crippen molar-refractivity contribution in [1.82, 2.24) is 10.2 Å². The maximum Gasteiger partial charge on any atom is 0.241 e. The summed E-state index contributed by atoms with van der Waals surface area (Å²) in [5.74, 6) is -13.7. The third-order valence-electron chi connectivity index (χ3n) is 9.06. The van der Waals surface area contributed by atoms with Crippen LogP contribution in [0.25, 0.3) is 0 Å². The highest BCUT2D eigenvalue weighted by Gasteiger charge is 2.69. The number of carbonyl (C=O) groups excluding carboxylic acids is 6. The number of fused-ring (bicyclic) bond motifs is 4. The van der Waals surface area contributed by atoms with Gasteiger partial charge in [0.15, 0.2) is 40.4 Å². The second-order valence-electron chi connectivity index (χ2n) is 12.2. The van der Waals surface area contributed by atoms with Gasteiger partial charge in [-0.15, -0.1) is 0 Å². The minimum Gasteiger partial charge on any atom is -0.505 e. The van der Waals surface area contributed by atoms with Crippen molar-refractivity contribution in [3.05, 3.63) is 22.5 Å². The number of aromatic hydroxyl groups is 1. The summed E-state index contributed by atoms with van der Waals surface area (Å²) in [6.45, 7) is 3.72. The molecule has 2 unspecified atom stereocenters. The lowest BCUT2D eigenvalue weighted by atomic mass is 9.52. The zero-order valence-electron chi connectivity index (χ0n) is 23.1. The summed E-state index contributed by atoms with van der Waals surface area (Å²) in [7, 11) is 2.96. The monoisotopic (exact) mass is 572 g/mol. The highest BCUT2D eigenvalue weighted by atomic mass is 19.1. The van der Waals surface area contributed by atoms with E-state index in [2.05, 4.69) is 10.6 Å². The van der Waals surface area contributed by atoms with E-state index in [1.807, 2.05) is 13.8 Å². The summed E-state index contributed by atoms with van der Waals surface area (Å²) < 4.78 is 16.1. The summed E-state index contributed by atoms with van der Waals surface area (Å²) in [6.07, 6.45) is 0.0417. The first-order valence-electron chi connectivity index (χ1n) is 13.6. The number of primary amides is 1. The van der Waals surface area contributed by atoms with Gasteiger partial charge >= 0.3 is 0 Å². The molecule has 41 heavy (non-hydrogen) atoms. The van der Waals surface area contributed by atoms with Gasteiger partial charge in [0.2, 0.25) is 11.8 Å². The number of nitrogens with one attached hydrogen (secondary N) is 2. The van der Waals surface area contributed by atoms with Crippen molar-refractivity contribution in [2.45, 2.75) is 57.3 Å². The van der Waals surface area contributed by atoms with Gasteiger partial charge in [0, 0.05) is 23.6 Å². The van der Waals surface area contributed by atoms with Crippen LogP contribution in [0.4, 0.5) is 10.1 Å². The number of nitrogens with two attached hydrogens (primary N) is 1. The maximum atomic E-state index is 16.1. The summed E-state index contributed by atoms with van der Waals surface area (Å²) in [6, 6.07) is -1.93. The molecule has 3 aliphatic carbocycles. The van der Waals surface area contributed by atoms with E-state index >= 15 is 4.39 Å². The number of phenolic OH excluding ortho intramolecular Hbond substituents is 1. The van der Waals surface area contributed by atoms with Gasteiger partial charge in [0.25, 0.3) is 0 Å². The molecule has 0 bridgehead atoms. The highest BCUT2D eigenvalue weighted by Crippen LogP contribution is 2.52. The number of likely N-dealkylation sites (N-methyl/N-ethyl adjacent to an activating group) is 1. The van der Waals surface area contributed by atoms with Crippen molar-refractivity contribution in [1.29, 1.82) is 0 Å². The summed E-state index contributed by atoms with van der Waals surface area (Å²) in [4.78, 5) is 80.6. The van der Waals surface area contributed by atoms with E-state index in [1.165, 1.54) is 19.0 Å². The topological polar surface area (TPSA) is 196 Å².